The summed E-state index contributed by atoms with van der Waals surface area (Å²) in [5.74, 6) is -1.73. The fraction of sp³-hybridized carbons (Fsp3) is 0.368. The number of nitrogens with zero attached hydrogens (tertiary/aromatic N) is 5. The van der Waals surface area contributed by atoms with E-state index < -0.39 is 23.2 Å². The lowest BCUT2D eigenvalue weighted by Gasteiger charge is -2.34. The Labute approximate surface area is 164 Å². The second-order valence-corrected chi connectivity index (χ2v) is 7.11. The molecule has 3 heterocycles. The van der Waals surface area contributed by atoms with Crippen molar-refractivity contribution in [2.24, 2.45) is 0 Å². The number of carbonyl (C=O) groups is 1. The van der Waals surface area contributed by atoms with Gasteiger partial charge in [-0.05, 0) is 44.4 Å². The van der Waals surface area contributed by atoms with Crippen LogP contribution in [-0.2, 0) is 11.3 Å². The van der Waals surface area contributed by atoms with E-state index in [0.717, 1.165) is 42.0 Å². The van der Waals surface area contributed by atoms with E-state index in [4.69, 9.17) is 0 Å². The summed E-state index contributed by atoms with van der Waals surface area (Å²) in [5.41, 5.74) is -0.420. The minimum absolute atomic E-state index is 0.0882. The van der Waals surface area contributed by atoms with Crippen molar-refractivity contribution in [2.75, 3.05) is 16.8 Å². The molecule has 0 spiro atoms. The lowest BCUT2D eigenvalue weighted by Crippen LogP contribution is -2.38. The second-order valence-electron chi connectivity index (χ2n) is 7.11. The molecule has 152 valence electrons. The van der Waals surface area contributed by atoms with Gasteiger partial charge in [0.05, 0.1) is 0 Å². The molecule has 1 saturated heterocycles. The van der Waals surface area contributed by atoms with E-state index in [1.807, 2.05) is 0 Å². The number of aromatic nitrogens is 4. The van der Waals surface area contributed by atoms with Gasteiger partial charge in [0, 0.05) is 30.5 Å². The molecule has 2 aromatic heterocycles. The molecule has 29 heavy (non-hydrogen) atoms. The summed E-state index contributed by atoms with van der Waals surface area (Å²) in [7, 11) is 0. The summed E-state index contributed by atoms with van der Waals surface area (Å²) < 4.78 is 28.5. The van der Waals surface area contributed by atoms with E-state index in [-0.39, 0.29) is 18.0 Å². The third-order valence-corrected chi connectivity index (χ3v) is 5.03. The Morgan fingerprint density at radius 2 is 2.07 bits per heavy atom. The van der Waals surface area contributed by atoms with Gasteiger partial charge in [0.25, 0.3) is 5.78 Å². The molecule has 8 nitrogen and oxygen atoms in total. The summed E-state index contributed by atoms with van der Waals surface area (Å²) >= 11 is 0. The number of hydrogen-bond acceptors (Lipinski definition) is 5. The highest BCUT2D eigenvalue weighted by Gasteiger charge is 2.21. The fourth-order valence-corrected chi connectivity index (χ4v) is 3.51. The fourth-order valence-electron chi connectivity index (χ4n) is 3.51. The molecule has 1 aromatic carbocycles. The summed E-state index contributed by atoms with van der Waals surface area (Å²) in [6.07, 6.45) is 4.94. The Kier molecular flexibility index (Phi) is 4.99. The number of nitrogens with one attached hydrogen (secondary N) is 1. The van der Waals surface area contributed by atoms with E-state index in [2.05, 4.69) is 27.2 Å². The normalized spacial score (nSPS) is 16.9. The minimum atomic E-state index is -1.07. The Bertz CT molecular complexity index is 1130. The van der Waals surface area contributed by atoms with Crippen LogP contribution in [0.3, 0.4) is 0 Å². The third kappa shape index (κ3) is 3.82. The average Bonchev–Trinajstić information content (AvgIpc) is 3.00. The van der Waals surface area contributed by atoms with Gasteiger partial charge in [-0.2, -0.15) is 4.98 Å². The van der Waals surface area contributed by atoms with Crippen LogP contribution in [0.15, 0.2) is 35.3 Å². The van der Waals surface area contributed by atoms with Crippen LogP contribution < -0.4 is 15.9 Å². The number of hydrogen-bond donors (Lipinski definition) is 1. The van der Waals surface area contributed by atoms with Gasteiger partial charge < -0.3 is 10.2 Å². The molecule has 4 rings (SSSR count). The molecule has 0 bridgehead atoms. The van der Waals surface area contributed by atoms with Crippen molar-refractivity contribution in [3.05, 3.63) is 52.6 Å². The highest BCUT2D eigenvalue weighted by Crippen LogP contribution is 2.22. The first-order valence-electron chi connectivity index (χ1n) is 9.40. The highest BCUT2D eigenvalue weighted by molar-refractivity contribution is 5.90. The van der Waals surface area contributed by atoms with E-state index in [9.17, 15) is 18.4 Å². The lowest BCUT2D eigenvalue weighted by molar-refractivity contribution is -0.117. The van der Waals surface area contributed by atoms with Crippen LogP contribution in [0.4, 0.5) is 20.3 Å². The van der Waals surface area contributed by atoms with Crippen molar-refractivity contribution in [1.29, 1.82) is 0 Å². The first kappa shape index (κ1) is 19.0. The first-order chi connectivity index (χ1) is 13.9. The van der Waals surface area contributed by atoms with Gasteiger partial charge in [-0.15, -0.1) is 5.10 Å². The van der Waals surface area contributed by atoms with Crippen LogP contribution in [0.1, 0.15) is 26.2 Å². The molecule has 1 fully saturated rings. The van der Waals surface area contributed by atoms with Gasteiger partial charge in [-0.3, -0.25) is 4.79 Å². The second kappa shape index (κ2) is 7.61. The SMILES string of the molecule is CC1CCCCN1c1ccn2c(=O)n(CC(=O)Nc3ccc(F)c(F)c3)nc2n1. The number of rotatable bonds is 4. The predicted octanol–water partition coefficient (Wildman–Crippen LogP) is 2.19. The minimum Gasteiger partial charge on any atom is -0.354 e. The van der Waals surface area contributed by atoms with E-state index >= 15 is 0 Å². The first-order valence-corrected chi connectivity index (χ1v) is 9.40. The Morgan fingerprint density at radius 3 is 2.83 bits per heavy atom. The molecule has 1 aliphatic rings. The van der Waals surface area contributed by atoms with Gasteiger partial charge in [0.1, 0.15) is 12.4 Å². The monoisotopic (exact) mass is 402 g/mol. The van der Waals surface area contributed by atoms with Crippen LogP contribution in [0.5, 0.6) is 0 Å². The zero-order valence-corrected chi connectivity index (χ0v) is 15.8. The van der Waals surface area contributed by atoms with Gasteiger partial charge in [-0.25, -0.2) is 22.7 Å². The molecule has 1 amide bonds. The molecule has 0 saturated carbocycles. The predicted molar refractivity (Wildman–Crippen MR) is 103 cm³/mol. The van der Waals surface area contributed by atoms with Gasteiger partial charge in [0.2, 0.25) is 5.91 Å². The molecule has 1 atom stereocenters. The van der Waals surface area contributed by atoms with E-state index in [1.165, 1.54) is 16.9 Å². The number of anilines is 2. The Hall–Kier alpha value is -3.30. The summed E-state index contributed by atoms with van der Waals surface area (Å²) in [6.45, 7) is 2.65. The van der Waals surface area contributed by atoms with Crippen molar-refractivity contribution in [3.63, 3.8) is 0 Å². The summed E-state index contributed by atoms with van der Waals surface area (Å²) in [5, 5.41) is 6.56. The smallest absolute Gasteiger partial charge is 0.352 e. The lowest BCUT2D eigenvalue weighted by atomic mass is 10.0. The number of piperidine rings is 1. The number of amides is 1. The topological polar surface area (TPSA) is 84.5 Å². The Morgan fingerprint density at radius 1 is 1.24 bits per heavy atom. The van der Waals surface area contributed by atoms with E-state index in [0.29, 0.717) is 6.04 Å². The molecule has 0 radical (unpaired) electrons. The summed E-state index contributed by atoms with van der Waals surface area (Å²) in [6, 6.07) is 5.14. The number of halogens is 2. The maximum atomic E-state index is 13.3. The van der Waals surface area contributed by atoms with Crippen molar-refractivity contribution in [2.45, 2.75) is 38.8 Å². The molecule has 1 N–H and O–H groups in total. The average molecular weight is 402 g/mol. The maximum absolute atomic E-state index is 13.3. The number of carbonyl (C=O) groups excluding carboxylic acids is 1. The van der Waals surface area contributed by atoms with Crippen LogP contribution >= 0.6 is 0 Å². The molecule has 10 heteroatoms. The Balaban J connectivity index is 1.54. The summed E-state index contributed by atoms with van der Waals surface area (Å²) in [4.78, 5) is 31.3. The quantitative estimate of drug-likeness (QED) is 0.723. The van der Waals surface area contributed by atoms with Crippen LogP contribution in [0.2, 0.25) is 0 Å². The van der Waals surface area contributed by atoms with Crippen LogP contribution in [-0.4, -0.2) is 37.7 Å². The molecule has 1 unspecified atom stereocenters. The maximum Gasteiger partial charge on any atom is 0.352 e. The third-order valence-electron chi connectivity index (χ3n) is 5.03. The highest BCUT2D eigenvalue weighted by atomic mass is 19.2. The molecule has 1 aliphatic heterocycles. The van der Waals surface area contributed by atoms with Gasteiger partial charge in [-0.1, -0.05) is 0 Å². The number of fused-ring (bicyclic) bond motifs is 1. The van der Waals surface area contributed by atoms with Crippen LogP contribution in [0, 0.1) is 11.6 Å². The van der Waals surface area contributed by atoms with E-state index in [1.54, 1.807) is 12.3 Å². The molecule has 0 aliphatic carbocycles. The zero-order chi connectivity index (χ0) is 20.5. The van der Waals surface area contributed by atoms with Crippen molar-refractivity contribution in [1.82, 2.24) is 19.2 Å². The molecule has 3 aromatic rings. The van der Waals surface area contributed by atoms with Gasteiger partial charge >= 0.3 is 5.69 Å². The van der Waals surface area contributed by atoms with Crippen LogP contribution in [0.25, 0.3) is 5.78 Å². The van der Waals surface area contributed by atoms with Crippen molar-refractivity contribution in [3.8, 4) is 0 Å². The zero-order valence-electron chi connectivity index (χ0n) is 15.8. The van der Waals surface area contributed by atoms with Crippen molar-refractivity contribution < 1.29 is 13.6 Å². The molecular formula is C19H20F2N6O2. The van der Waals surface area contributed by atoms with Crippen molar-refractivity contribution >= 4 is 23.2 Å². The number of benzene rings is 1. The van der Waals surface area contributed by atoms with Gasteiger partial charge in [0.15, 0.2) is 11.6 Å². The molecular weight excluding hydrogens is 382 g/mol. The largest absolute Gasteiger partial charge is 0.354 e. The standard InChI is InChI=1S/C19H20F2N6O2/c1-12-4-2-3-8-25(12)16-7-9-26-18(23-16)24-27(19(26)29)11-17(28)22-13-5-6-14(20)15(21)10-13/h5-7,9-10,12H,2-4,8,11H2,1H3,(H,22,28).